The number of rotatable bonds is 4. The Morgan fingerprint density at radius 1 is 1.60 bits per heavy atom. The third kappa shape index (κ3) is 3.80. The highest BCUT2D eigenvalue weighted by molar-refractivity contribution is 5.81. The van der Waals surface area contributed by atoms with Crippen LogP contribution >= 0.6 is 0 Å². The number of carbonyl (C=O) groups is 1. The molecule has 0 aliphatic carbocycles. The zero-order valence-corrected chi connectivity index (χ0v) is 9.69. The lowest BCUT2D eigenvalue weighted by Crippen LogP contribution is -2.42. The van der Waals surface area contributed by atoms with Gasteiger partial charge in [0.05, 0.1) is 6.10 Å². The summed E-state index contributed by atoms with van der Waals surface area (Å²) in [4.78, 5) is 11.7. The number of hydrogen-bond donors (Lipinski definition) is 2. The van der Waals surface area contributed by atoms with Crippen molar-refractivity contribution in [1.29, 1.82) is 0 Å². The van der Waals surface area contributed by atoms with Gasteiger partial charge in [0.1, 0.15) is 6.10 Å². The lowest BCUT2D eigenvalue weighted by molar-refractivity contribution is -0.132. The third-order valence-corrected chi connectivity index (χ3v) is 2.73. The van der Waals surface area contributed by atoms with E-state index < -0.39 is 0 Å². The highest BCUT2D eigenvalue weighted by atomic mass is 16.5. The minimum atomic E-state index is -0.387. The van der Waals surface area contributed by atoms with Crippen LogP contribution in [-0.2, 0) is 9.53 Å². The molecule has 0 aromatic rings. The number of carbonyl (C=O) groups excluding carboxylic acids is 1. The molecular weight excluding hydrogens is 194 g/mol. The molecule has 1 saturated heterocycles. The van der Waals surface area contributed by atoms with Crippen molar-refractivity contribution in [2.75, 3.05) is 6.61 Å². The van der Waals surface area contributed by atoms with E-state index in [1.807, 2.05) is 13.8 Å². The van der Waals surface area contributed by atoms with Gasteiger partial charge in [-0.25, -0.2) is 0 Å². The number of aliphatic hydroxyl groups excluding tert-OH is 1. The normalized spacial score (nSPS) is 29.9. The second kappa shape index (κ2) is 5.47. The first-order chi connectivity index (χ1) is 7.00. The second-order valence-corrected chi connectivity index (χ2v) is 4.55. The molecule has 2 N–H and O–H groups in total. The Morgan fingerprint density at radius 2 is 2.27 bits per heavy atom. The molecule has 1 aliphatic rings. The van der Waals surface area contributed by atoms with Crippen LogP contribution in [0, 0.1) is 5.92 Å². The Balaban J connectivity index is 2.34. The van der Waals surface area contributed by atoms with Crippen molar-refractivity contribution in [2.24, 2.45) is 5.92 Å². The van der Waals surface area contributed by atoms with Crippen molar-refractivity contribution in [3.63, 3.8) is 0 Å². The molecule has 1 fully saturated rings. The molecule has 1 amide bonds. The monoisotopic (exact) mass is 215 g/mol. The predicted molar refractivity (Wildman–Crippen MR) is 57.4 cm³/mol. The SMILES string of the molecule is CC(O)CC(C)NC(=O)C1OCCC1C. The molecule has 0 aromatic heterocycles. The van der Waals surface area contributed by atoms with Gasteiger partial charge >= 0.3 is 0 Å². The third-order valence-electron chi connectivity index (χ3n) is 2.73. The fourth-order valence-electron chi connectivity index (χ4n) is 1.93. The zero-order chi connectivity index (χ0) is 11.4. The molecule has 88 valence electrons. The molecule has 0 radical (unpaired) electrons. The number of nitrogens with one attached hydrogen (secondary N) is 1. The number of aliphatic hydroxyl groups is 1. The first-order valence-electron chi connectivity index (χ1n) is 5.60. The summed E-state index contributed by atoms with van der Waals surface area (Å²) < 4.78 is 5.36. The van der Waals surface area contributed by atoms with Crippen molar-refractivity contribution < 1.29 is 14.6 Å². The highest BCUT2D eigenvalue weighted by Gasteiger charge is 2.31. The van der Waals surface area contributed by atoms with Gasteiger partial charge in [0, 0.05) is 12.6 Å². The Labute approximate surface area is 91.0 Å². The fourth-order valence-corrected chi connectivity index (χ4v) is 1.93. The van der Waals surface area contributed by atoms with Crippen molar-refractivity contribution in [1.82, 2.24) is 5.32 Å². The predicted octanol–water partition coefficient (Wildman–Crippen LogP) is 0.687. The highest BCUT2D eigenvalue weighted by Crippen LogP contribution is 2.20. The van der Waals surface area contributed by atoms with E-state index in [1.165, 1.54) is 0 Å². The van der Waals surface area contributed by atoms with Gasteiger partial charge in [0.2, 0.25) is 5.91 Å². The van der Waals surface area contributed by atoms with E-state index in [2.05, 4.69) is 5.32 Å². The molecule has 0 spiro atoms. The van der Waals surface area contributed by atoms with Gasteiger partial charge in [-0.1, -0.05) is 6.92 Å². The molecule has 0 saturated carbocycles. The van der Waals surface area contributed by atoms with Crippen LogP contribution in [0.4, 0.5) is 0 Å². The largest absolute Gasteiger partial charge is 0.393 e. The van der Waals surface area contributed by atoms with Crippen LogP contribution in [0.1, 0.15) is 33.6 Å². The lowest BCUT2D eigenvalue weighted by Gasteiger charge is -2.19. The molecule has 0 aromatic carbocycles. The molecule has 15 heavy (non-hydrogen) atoms. The van der Waals surface area contributed by atoms with Crippen molar-refractivity contribution >= 4 is 5.91 Å². The lowest BCUT2D eigenvalue weighted by atomic mass is 10.0. The van der Waals surface area contributed by atoms with E-state index >= 15 is 0 Å². The Morgan fingerprint density at radius 3 is 2.73 bits per heavy atom. The summed E-state index contributed by atoms with van der Waals surface area (Å²) in [7, 11) is 0. The van der Waals surface area contributed by atoms with Crippen LogP contribution in [0.5, 0.6) is 0 Å². The van der Waals surface area contributed by atoms with E-state index in [4.69, 9.17) is 4.74 Å². The van der Waals surface area contributed by atoms with Gasteiger partial charge in [-0.15, -0.1) is 0 Å². The maximum absolute atomic E-state index is 11.7. The molecule has 1 rings (SSSR count). The average molecular weight is 215 g/mol. The van der Waals surface area contributed by atoms with Crippen LogP contribution in [0.25, 0.3) is 0 Å². The molecular formula is C11H21NO3. The maximum atomic E-state index is 11.7. The molecule has 1 aliphatic heterocycles. The van der Waals surface area contributed by atoms with Gasteiger partial charge in [0.15, 0.2) is 0 Å². The molecule has 4 atom stereocenters. The first kappa shape index (κ1) is 12.5. The first-order valence-corrected chi connectivity index (χ1v) is 5.60. The molecule has 4 nitrogen and oxygen atoms in total. The van der Waals surface area contributed by atoms with E-state index in [0.717, 1.165) is 6.42 Å². The summed E-state index contributed by atoms with van der Waals surface area (Å²) in [5, 5.41) is 12.0. The molecule has 0 bridgehead atoms. The topological polar surface area (TPSA) is 58.6 Å². The smallest absolute Gasteiger partial charge is 0.249 e. The van der Waals surface area contributed by atoms with Crippen LogP contribution in [-0.4, -0.2) is 35.9 Å². The Kier molecular flexibility index (Phi) is 4.54. The summed E-state index contributed by atoms with van der Waals surface area (Å²) in [6.45, 7) is 6.31. The number of amides is 1. The van der Waals surface area contributed by atoms with Crippen molar-refractivity contribution in [3.8, 4) is 0 Å². The summed E-state index contributed by atoms with van der Waals surface area (Å²) in [6.07, 6.45) is 0.832. The molecule has 4 unspecified atom stereocenters. The quantitative estimate of drug-likeness (QED) is 0.725. The summed E-state index contributed by atoms with van der Waals surface area (Å²) in [6, 6.07) is -0.00565. The Bertz CT molecular complexity index is 218. The average Bonchev–Trinajstić information content (AvgIpc) is 2.49. The van der Waals surface area contributed by atoms with E-state index in [9.17, 15) is 9.90 Å². The van der Waals surface area contributed by atoms with E-state index in [-0.39, 0.29) is 24.2 Å². The fraction of sp³-hybridized carbons (Fsp3) is 0.909. The molecule has 1 heterocycles. The summed E-state index contributed by atoms with van der Waals surface area (Å²) in [5.41, 5.74) is 0. The maximum Gasteiger partial charge on any atom is 0.249 e. The van der Waals surface area contributed by atoms with Gasteiger partial charge < -0.3 is 15.2 Å². The standard InChI is InChI=1S/C11H21NO3/c1-7-4-5-15-10(7)11(14)12-8(2)6-9(3)13/h7-10,13H,4-6H2,1-3H3,(H,12,14). The minimum absolute atomic E-state index is 0.00565. The van der Waals surface area contributed by atoms with Gasteiger partial charge in [-0.05, 0) is 32.6 Å². The van der Waals surface area contributed by atoms with E-state index in [0.29, 0.717) is 18.9 Å². The van der Waals surface area contributed by atoms with Gasteiger partial charge in [-0.3, -0.25) is 4.79 Å². The number of ether oxygens (including phenoxy) is 1. The summed E-state index contributed by atoms with van der Waals surface area (Å²) in [5.74, 6) is 0.247. The second-order valence-electron chi connectivity index (χ2n) is 4.55. The summed E-state index contributed by atoms with van der Waals surface area (Å²) >= 11 is 0. The van der Waals surface area contributed by atoms with Crippen molar-refractivity contribution in [2.45, 2.75) is 51.9 Å². The van der Waals surface area contributed by atoms with Gasteiger partial charge in [0.25, 0.3) is 0 Å². The van der Waals surface area contributed by atoms with E-state index in [1.54, 1.807) is 6.92 Å². The Hall–Kier alpha value is -0.610. The number of hydrogen-bond acceptors (Lipinski definition) is 3. The van der Waals surface area contributed by atoms with Crippen LogP contribution in [0.15, 0.2) is 0 Å². The van der Waals surface area contributed by atoms with Crippen LogP contribution < -0.4 is 5.32 Å². The zero-order valence-electron chi connectivity index (χ0n) is 9.69. The molecule has 4 heteroatoms. The van der Waals surface area contributed by atoms with Crippen LogP contribution in [0.3, 0.4) is 0 Å². The van der Waals surface area contributed by atoms with Crippen LogP contribution in [0.2, 0.25) is 0 Å². The minimum Gasteiger partial charge on any atom is -0.393 e. The van der Waals surface area contributed by atoms with Gasteiger partial charge in [-0.2, -0.15) is 0 Å². The van der Waals surface area contributed by atoms with Crippen molar-refractivity contribution in [3.05, 3.63) is 0 Å².